The van der Waals surface area contributed by atoms with E-state index in [0.717, 1.165) is 5.56 Å². The topological polar surface area (TPSA) is 68.0 Å². The molecule has 0 aliphatic heterocycles. The zero-order chi connectivity index (χ0) is 9.84. The van der Waals surface area contributed by atoms with Crippen LogP contribution in [0.2, 0.25) is 0 Å². The van der Waals surface area contributed by atoms with Gasteiger partial charge in [0.1, 0.15) is 5.82 Å². The van der Waals surface area contributed by atoms with Gasteiger partial charge in [0.2, 0.25) is 5.91 Å². The van der Waals surface area contributed by atoms with Crippen LogP contribution in [0.3, 0.4) is 0 Å². The SMILES string of the molecule is Cc1cccnc1NC(=O)[C@H](C)N. The number of hydrogen-bond donors (Lipinski definition) is 2. The van der Waals surface area contributed by atoms with Crippen LogP contribution in [0.15, 0.2) is 18.3 Å². The lowest BCUT2D eigenvalue weighted by atomic mass is 10.2. The minimum Gasteiger partial charge on any atom is -0.320 e. The highest BCUT2D eigenvalue weighted by atomic mass is 16.2. The maximum Gasteiger partial charge on any atom is 0.242 e. The third-order valence-electron chi connectivity index (χ3n) is 1.66. The molecule has 0 saturated heterocycles. The highest BCUT2D eigenvalue weighted by molar-refractivity contribution is 5.94. The second-order valence-corrected chi connectivity index (χ2v) is 2.95. The molecule has 1 rings (SSSR count). The smallest absolute Gasteiger partial charge is 0.242 e. The summed E-state index contributed by atoms with van der Waals surface area (Å²) in [4.78, 5) is 15.2. The molecule has 0 bridgehead atoms. The molecule has 70 valence electrons. The van der Waals surface area contributed by atoms with Gasteiger partial charge in [0.15, 0.2) is 0 Å². The first-order valence-corrected chi connectivity index (χ1v) is 4.09. The van der Waals surface area contributed by atoms with Crippen LogP contribution in [0.4, 0.5) is 5.82 Å². The first kappa shape index (κ1) is 9.67. The Hall–Kier alpha value is -1.42. The van der Waals surface area contributed by atoms with Crippen molar-refractivity contribution in [3.8, 4) is 0 Å². The molecule has 0 spiro atoms. The molecular weight excluding hydrogens is 166 g/mol. The molecular formula is C9H13N3O. The number of hydrogen-bond acceptors (Lipinski definition) is 3. The fourth-order valence-corrected chi connectivity index (χ4v) is 0.847. The Bertz CT molecular complexity index is 309. The molecule has 1 atom stereocenters. The minimum atomic E-state index is -0.513. The number of aryl methyl sites for hydroxylation is 1. The van der Waals surface area contributed by atoms with Gasteiger partial charge in [-0.3, -0.25) is 4.79 Å². The predicted octanol–water partition coefficient (Wildman–Crippen LogP) is 0.676. The lowest BCUT2D eigenvalue weighted by Crippen LogP contribution is -2.32. The van der Waals surface area contributed by atoms with Gasteiger partial charge in [0.05, 0.1) is 6.04 Å². The van der Waals surface area contributed by atoms with Crippen LogP contribution in [-0.4, -0.2) is 16.9 Å². The van der Waals surface area contributed by atoms with Gasteiger partial charge in [-0.1, -0.05) is 6.07 Å². The molecule has 4 heteroatoms. The molecule has 0 saturated carbocycles. The summed E-state index contributed by atoms with van der Waals surface area (Å²) in [5.41, 5.74) is 6.32. The summed E-state index contributed by atoms with van der Waals surface area (Å²) >= 11 is 0. The van der Waals surface area contributed by atoms with Crippen molar-refractivity contribution in [1.29, 1.82) is 0 Å². The summed E-state index contributed by atoms with van der Waals surface area (Å²) in [6.45, 7) is 3.51. The molecule has 0 aliphatic carbocycles. The summed E-state index contributed by atoms with van der Waals surface area (Å²) < 4.78 is 0. The lowest BCUT2D eigenvalue weighted by molar-refractivity contribution is -0.117. The first-order chi connectivity index (χ1) is 6.11. The first-order valence-electron chi connectivity index (χ1n) is 4.09. The average molecular weight is 179 g/mol. The van der Waals surface area contributed by atoms with E-state index in [1.165, 1.54) is 0 Å². The largest absolute Gasteiger partial charge is 0.320 e. The maximum atomic E-state index is 11.2. The van der Waals surface area contributed by atoms with Crippen LogP contribution < -0.4 is 11.1 Å². The molecule has 1 aromatic rings. The number of amides is 1. The van der Waals surface area contributed by atoms with Crippen LogP contribution in [0.1, 0.15) is 12.5 Å². The number of pyridine rings is 1. The molecule has 1 heterocycles. The van der Waals surface area contributed by atoms with Crippen molar-refractivity contribution in [2.24, 2.45) is 5.73 Å². The minimum absolute atomic E-state index is 0.221. The van der Waals surface area contributed by atoms with Crippen molar-refractivity contribution < 1.29 is 4.79 Å². The molecule has 1 aromatic heterocycles. The van der Waals surface area contributed by atoms with E-state index < -0.39 is 6.04 Å². The highest BCUT2D eigenvalue weighted by Crippen LogP contribution is 2.08. The van der Waals surface area contributed by atoms with E-state index in [4.69, 9.17) is 5.73 Å². The zero-order valence-corrected chi connectivity index (χ0v) is 7.74. The normalized spacial score (nSPS) is 12.2. The van der Waals surface area contributed by atoms with E-state index in [2.05, 4.69) is 10.3 Å². The van der Waals surface area contributed by atoms with Gasteiger partial charge in [-0.05, 0) is 25.5 Å². The monoisotopic (exact) mass is 179 g/mol. The summed E-state index contributed by atoms with van der Waals surface area (Å²) in [7, 11) is 0. The quantitative estimate of drug-likeness (QED) is 0.701. The number of nitrogens with two attached hydrogens (primary N) is 1. The Kier molecular flexibility index (Phi) is 2.97. The van der Waals surface area contributed by atoms with Crippen molar-refractivity contribution in [3.05, 3.63) is 23.9 Å². The maximum absolute atomic E-state index is 11.2. The summed E-state index contributed by atoms with van der Waals surface area (Å²) in [5.74, 6) is 0.353. The number of nitrogens with one attached hydrogen (secondary N) is 1. The molecule has 0 aromatic carbocycles. The zero-order valence-electron chi connectivity index (χ0n) is 7.74. The van der Waals surface area contributed by atoms with Crippen LogP contribution in [0.5, 0.6) is 0 Å². The lowest BCUT2D eigenvalue weighted by Gasteiger charge is -2.08. The van der Waals surface area contributed by atoms with E-state index in [1.807, 2.05) is 19.1 Å². The number of anilines is 1. The molecule has 0 unspecified atom stereocenters. The van der Waals surface area contributed by atoms with Gasteiger partial charge in [0, 0.05) is 6.20 Å². The Morgan fingerprint density at radius 1 is 1.69 bits per heavy atom. The van der Waals surface area contributed by atoms with Crippen molar-refractivity contribution in [2.75, 3.05) is 5.32 Å². The van der Waals surface area contributed by atoms with Gasteiger partial charge in [-0.2, -0.15) is 0 Å². The van der Waals surface area contributed by atoms with Gasteiger partial charge in [0.25, 0.3) is 0 Å². The van der Waals surface area contributed by atoms with E-state index in [-0.39, 0.29) is 5.91 Å². The third-order valence-corrected chi connectivity index (χ3v) is 1.66. The van der Waals surface area contributed by atoms with Crippen molar-refractivity contribution in [2.45, 2.75) is 19.9 Å². The molecule has 4 nitrogen and oxygen atoms in total. The van der Waals surface area contributed by atoms with E-state index in [9.17, 15) is 4.79 Å². The van der Waals surface area contributed by atoms with E-state index in [0.29, 0.717) is 5.82 Å². The standard InChI is InChI=1S/C9H13N3O/c1-6-4-3-5-11-8(6)12-9(13)7(2)10/h3-5,7H,10H2,1-2H3,(H,11,12,13)/t7-/m0/s1. The Morgan fingerprint density at radius 3 is 2.92 bits per heavy atom. The van der Waals surface area contributed by atoms with Crippen LogP contribution in [0, 0.1) is 6.92 Å². The molecule has 1 amide bonds. The highest BCUT2D eigenvalue weighted by Gasteiger charge is 2.08. The summed E-state index contributed by atoms with van der Waals surface area (Å²) in [5, 5.41) is 2.63. The van der Waals surface area contributed by atoms with Crippen molar-refractivity contribution in [1.82, 2.24) is 4.98 Å². The van der Waals surface area contributed by atoms with Gasteiger partial charge in [-0.25, -0.2) is 4.98 Å². The molecule has 0 aliphatic rings. The van der Waals surface area contributed by atoms with Gasteiger partial charge < -0.3 is 11.1 Å². The second-order valence-electron chi connectivity index (χ2n) is 2.95. The summed E-state index contributed by atoms with van der Waals surface area (Å²) in [6.07, 6.45) is 1.63. The van der Waals surface area contributed by atoms with Crippen molar-refractivity contribution in [3.63, 3.8) is 0 Å². The number of carbonyl (C=O) groups excluding carboxylic acids is 1. The van der Waals surface area contributed by atoms with Gasteiger partial charge >= 0.3 is 0 Å². The number of aromatic nitrogens is 1. The fraction of sp³-hybridized carbons (Fsp3) is 0.333. The number of carbonyl (C=O) groups is 1. The Morgan fingerprint density at radius 2 is 2.38 bits per heavy atom. The molecule has 0 fully saturated rings. The molecule has 0 radical (unpaired) electrons. The molecule has 13 heavy (non-hydrogen) atoms. The average Bonchev–Trinajstić information content (AvgIpc) is 2.08. The van der Waals surface area contributed by atoms with Gasteiger partial charge in [-0.15, -0.1) is 0 Å². The Labute approximate surface area is 77.2 Å². The van der Waals surface area contributed by atoms with Crippen LogP contribution in [0.25, 0.3) is 0 Å². The fourth-order valence-electron chi connectivity index (χ4n) is 0.847. The third kappa shape index (κ3) is 2.52. The number of rotatable bonds is 2. The van der Waals surface area contributed by atoms with Crippen molar-refractivity contribution >= 4 is 11.7 Å². The summed E-state index contributed by atoms with van der Waals surface area (Å²) in [6, 6.07) is 3.18. The number of nitrogens with zero attached hydrogens (tertiary/aromatic N) is 1. The predicted molar refractivity (Wildman–Crippen MR) is 51.3 cm³/mol. The van der Waals surface area contributed by atoms with E-state index >= 15 is 0 Å². The van der Waals surface area contributed by atoms with Crippen LogP contribution >= 0.6 is 0 Å². The molecule has 3 N–H and O–H groups in total. The van der Waals surface area contributed by atoms with Crippen LogP contribution in [-0.2, 0) is 4.79 Å². The Balaban J connectivity index is 2.75. The van der Waals surface area contributed by atoms with E-state index in [1.54, 1.807) is 13.1 Å². The second kappa shape index (κ2) is 4.00.